The molecule has 2 fully saturated rings. The van der Waals surface area contributed by atoms with Crippen LogP contribution in [0.2, 0.25) is 0 Å². The van der Waals surface area contributed by atoms with Crippen LogP contribution in [-0.2, 0) is 15.7 Å². The van der Waals surface area contributed by atoms with Gasteiger partial charge in [0.25, 0.3) is 11.8 Å². The number of hydrogen-bond donors (Lipinski definition) is 4. The number of pyridine rings is 1. The minimum absolute atomic E-state index is 0.154. The van der Waals surface area contributed by atoms with Crippen molar-refractivity contribution in [3.8, 4) is 5.75 Å². The van der Waals surface area contributed by atoms with E-state index >= 15 is 0 Å². The molecule has 0 bridgehead atoms. The van der Waals surface area contributed by atoms with Gasteiger partial charge in [0.15, 0.2) is 0 Å². The van der Waals surface area contributed by atoms with Crippen molar-refractivity contribution in [3.05, 3.63) is 113 Å². The molecular weight excluding hydrogens is 715 g/mol. The molecule has 0 radical (unpaired) electrons. The maximum Gasteiger partial charge on any atom is 0.433 e. The van der Waals surface area contributed by atoms with Gasteiger partial charge in [0.05, 0.1) is 25.1 Å². The van der Waals surface area contributed by atoms with E-state index in [0.29, 0.717) is 53.3 Å². The Morgan fingerprint density at radius 2 is 1.85 bits per heavy atom. The number of methoxy groups -OCH3 is 1. The van der Waals surface area contributed by atoms with E-state index in [4.69, 9.17) is 14.9 Å². The van der Waals surface area contributed by atoms with Gasteiger partial charge in [0.1, 0.15) is 28.9 Å². The summed E-state index contributed by atoms with van der Waals surface area (Å²) in [6.45, 7) is 11.3. The van der Waals surface area contributed by atoms with Crippen molar-refractivity contribution < 1.29 is 37.0 Å². The number of allylic oxidation sites excluding steroid dienone is 4. The molecule has 0 saturated carbocycles. The first kappa shape index (κ1) is 39.0. The van der Waals surface area contributed by atoms with E-state index in [1.807, 2.05) is 6.07 Å². The molecule has 6 rings (SSSR count). The summed E-state index contributed by atoms with van der Waals surface area (Å²) in [7, 11) is 1.38. The van der Waals surface area contributed by atoms with Gasteiger partial charge in [0.2, 0.25) is 5.91 Å². The molecule has 0 spiro atoms. The Bertz CT molecular complexity index is 1980. The van der Waals surface area contributed by atoms with Crippen LogP contribution >= 0.6 is 0 Å². The predicted molar refractivity (Wildman–Crippen MR) is 200 cm³/mol. The minimum Gasteiger partial charge on any atom is -0.494 e. The molecule has 1 aromatic heterocycles. The number of carbonyl (C=O) groups excluding carboxylic acids is 3. The standard InChI is InChI=1S/C40H44F3N7O5/c1-24-10-13-34(38(52)46-24)50-25(2)30-21-28(11-12-29(30)39(50)53)55-19-6-4-5-16-49-17-14-27(15-18-49)45-23-26-20-33(35(54-3)22-31(26)44)48-37(51)32-8-7-9-36(47-32)40(41,42)43/h7-9,11-12,20-23,27,34,44-45H,1-2,4-6,10,13-19H2,3H3,(H,46,52)(H,48,51)/b26-23-,44-31?. The molecule has 290 valence electrons. The number of aromatic nitrogens is 1. The van der Waals surface area contributed by atoms with Gasteiger partial charge in [-0.25, -0.2) is 4.98 Å². The zero-order valence-electron chi connectivity index (χ0n) is 30.6. The Balaban J connectivity index is 0.910. The Kier molecular flexibility index (Phi) is 11.9. The van der Waals surface area contributed by atoms with Crippen LogP contribution in [0.1, 0.15) is 77.0 Å². The molecule has 12 nitrogen and oxygen atoms in total. The van der Waals surface area contributed by atoms with Crippen molar-refractivity contribution in [2.75, 3.05) is 33.4 Å². The molecule has 1 aromatic carbocycles. The lowest BCUT2D eigenvalue weighted by molar-refractivity contribution is -0.141. The van der Waals surface area contributed by atoms with E-state index in [1.165, 1.54) is 24.2 Å². The number of nitrogens with one attached hydrogen (secondary N) is 4. The van der Waals surface area contributed by atoms with Crippen LogP contribution in [0.4, 0.5) is 13.2 Å². The smallest absolute Gasteiger partial charge is 0.433 e. The number of carbonyl (C=O) groups is 3. The number of benzene rings is 1. The van der Waals surface area contributed by atoms with Crippen molar-refractivity contribution in [3.63, 3.8) is 0 Å². The van der Waals surface area contributed by atoms with Gasteiger partial charge in [-0.15, -0.1) is 0 Å². The second-order valence-corrected chi connectivity index (χ2v) is 13.8. The summed E-state index contributed by atoms with van der Waals surface area (Å²) in [5, 5.41) is 17.1. The van der Waals surface area contributed by atoms with Crippen LogP contribution in [0.3, 0.4) is 0 Å². The number of alkyl halides is 3. The number of fused-ring (bicyclic) bond motifs is 1. The van der Waals surface area contributed by atoms with Crippen molar-refractivity contribution >= 4 is 29.1 Å². The molecule has 4 heterocycles. The Morgan fingerprint density at radius 1 is 1.07 bits per heavy atom. The monoisotopic (exact) mass is 759 g/mol. The highest BCUT2D eigenvalue weighted by molar-refractivity contribution is 6.12. The zero-order valence-corrected chi connectivity index (χ0v) is 30.6. The highest BCUT2D eigenvalue weighted by Crippen LogP contribution is 2.37. The van der Waals surface area contributed by atoms with Gasteiger partial charge < -0.3 is 35.7 Å². The molecule has 1 unspecified atom stereocenters. The fraction of sp³-hybridized carbons (Fsp3) is 0.375. The highest BCUT2D eigenvalue weighted by atomic mass is 19.4. The van der Waals surface area contributed by atoms with E-state index in [1.54, 1.807) is 24.4 Å². The highest BCUT2D eigenvalue weighted by Gasteiger charge is 2.41. The first-order chi connectivity index (χ1) is 26.3. The molecule has 3 amide bonds. The molecule has 2 saturated heterocycles. The van der Waals surface area contributed by atoms with E-state index in [0.717, 1.165) is 63.9 Å². The Morgan fingerprint density at radius 3 is 2.58 bits per heavy atom. The second kappa shape index (κ2) is 16.8. The number of ether oxygens (including phenoxy) is 2. The summed E-state index contributed by atoms with van der Waals surface area (Å²) in [5.74, 6) is -0.459. The molecule has 1 atom stereocenters. The number of amides is 3. The third kappa shape index (κ3) is 9.16. The third-order valence-corrected chi connectivity index (χ3v) is 10.0. The van der Waals surface area contributed by atoms with E-state index in [9.17, 15) is 27.6 Å². The maximum absolute atomic E-state index is 13.1. The van der Waals surface area contributed by atoms with Crippen molar-refractivity contribution in [1.29, 1.82) is 5.41 Å². The van der Waals surface area contributed by atoms with Gasteiger partial charge in [0, 0.05) is 59.5 Å². The van der Waals surface area contributed by atoms with Crippen LogP contribution in [0.25, 0.3) is 5.70 Å². The van der Waals surface area contributed by atoms with Crippen LogP contribution in [0.15, 0.2) is 90.6 Å². The molecule has 1 aliphatic carbocycles. The fourth-order valence-electron chi connectivity index (χ4n) is 6.98. The first-order valence-electron chi connectivity index (χ1n) is 18.2. The average molecular weight is 760 g/mol. The van der Waals surface area contributed by atoms with E-state index in [2.05, 4.69) is 39.0 Å². The topological polar surface area (TPSA) is 149 Å². The summed E-state index contributed by atoms with van der Waals surface area (Å²) < 4.78 is 50.7. The molecular formula is C40H44F3N7O5. The first-order valence-corrected chi connectivity index (χ1v) is 18.2. The molecule has 15 heteroatoms. The van der Waals surface area contributed by atoms with Crippen LogP contribution in [0, 0.1) is 5.41 Å². The molecule has 4 aliphatic rings. The quantitative estimate of drug-likeness (QED) is 0.191. The summed E-state index contributed by atoms with van der Waals surface area (Å²) in [5.41, 5.74) is 1.63. The number of likely N-dealkylation sites (tertiary alicyclic amines) is 1. The van der Waals surface area contributed by atoms with Crippen LogP contribution in [-0.4, -0.2) is 83.7 Å². The van der Waals surface area contributed by atoms with Gasteiger partial charge in [-0.2, -0.15) is 13.2 Å². The molecule has 55 heavy (non-hydrogen) atoms. The second-order valence-electron chi connectivity index (χ2n) is 13.8. The third-order valence-electron chi connectivity index (χ3n) is 10.0. The lowest BCUT2D eigenvalue weighted by atomic mass is 10.0. The average Bonchev–Trinajstić information content (AvgIpc) is 3.41. The SMILES string of the molecule is C=C1CCC(N2C(=C)c3cc(OCCCCCN4CCC(N/C=C5/C=C(NC(=O)c6cccc(C(F)(F)F)n6)C(OC)=CC5=N)CC4)ccc3C2=O)C(=O)N1. The number of nitrogens with zero attached hydrogens (tertiary/aromatic N) is 3. The Labute approximate surface area is 317 Å². The molecule has 4 N–H and O–H groups in total. The van der Waals surface area contributed by atoms with E-state index in [-0.39, 0.29) is 35.0 Å². The minimum atomic E-state index is -4.69. The maximum atomic E-state index is 13.1. The Hall–Kier alpha value is -5.70. The van der Waals surface area contributed by atoms with Gasteiger partial charge in [-0.05, 0) is 87.9 Å². The predicted octanol–water partition coefficient (Wildman–Crippen LogP) is 5.68. The van der Waals surface area contributed by atoms with Crippen LogP contribution in [0.5, 0.6) is 5.75 Å². The largest absolute Gasteiger partial charge is 0.494 e. The number of rotatable bonds is 13. The summed E-state index contributed by atoms with van der Waals surface area (Å²) >= 11 is 0. The normalized spacial score (nSPS) is 20.2. The van der Waals surface area contributed by atoms with E-state index < -0.39 is 29.5 Å². The van der Waals surface area contributed by atoms with Crippen LogP contribution < -0.4 is 20.7 Å². The summed E-state index contributed by atoms with van der Waals surface area (Å²) in [4.78, 5) is 45.8. The number of halogens is 3. The van der Waals surface area contributed by atoms with Crippen molar-refractivity contribution in [2.45, 2.75) is 63.2 Å². The number of unbranched alkanes of at least 4 members (excludes halogenated alkanes) is 2. The van der Waals surface area contributed by atoms with Gasteiger partial charge >= 0.3 is 6.18 Å². The molecule has 3 aliphatic heterocycles. The summed E-state index contributed by atoms with van der Waals surface area (Å²) in [6.07, 6.45) is 5.81. The fourth-order valence-corrected chi connectivity index (χ4v) is 6.98. The lowest BCUT2D eigenvalue weighted by Crippen LogP contribution is -2.49. The molecule has 2 aromatic rings. The lowest BCUT2D eigenvalue weighted by Gasteiger charge is -2.32. The van der Waals surface area contributed by atoms with Gasteiger partial charge in [-0.3, -0.25) is 19.3 Å². The van der Waals surface area contributed by atoms with Crippen molar-refractivity contribution in [1.82, 2.24) is 30.7 Å². The van der Waals surface area contributed by atoms with Crippen molar-refractivity contribution in [2.24, 2.45) is 0 Å². The zero-order chi connectivity index (χ0) is 39.3. The summed E-state index contributed by atoms with van der Waals surface area (Å²) in [6, 6.07) is 8.02. The number of piperidine rings is 2. The van der Waals surface area contributed by atoms with Gasteiger partial charge in [-0.1, -0.05) is 19.2 Å². The number of hydrogen-bond acceptors (Lipinski definition) is 9.